The summed E-state index contributed by atoms with van der Waals surface area (Å²) in [5.74, 6) is -0.771. The van der Waals surface area contributed by atoms with E-state index in [1.54, 1.807) is 42.5 Å². The number of amides is 2. The average Bonchev–Trinajstić information content (AvgIpc) is 2.99. The van der Waals surface area contributed by atoms with Crippen LogP contribution in [0, 0.1) is 0 Å². The maximum atomic E-state index is 13.3. The Balaban J connectivity index is 0.00000205. The molecule has 4 aromatic carbocycles. The van der Waals surface area contributed by atoms with E-state index >= 15 is 0 Å². The minimum atomic E-state index is -0.788. The molecule has 0 spiro atoms. The third-order valence-electron chi connectivity index (χ3n) is 5.80. The number of nitrogens with one attached hydrogen (secondary N) is 2. The Labute approximate surface area is 239 Å². The maximum Gasteiger partial charge on any atom is 0.242 e. The van der Waals surface area contributed by atoms with E-state index in [1.165, 1.54) is 6.38 Å². The summed E-state index contributed by atoms with van der Waals surface area (Å²) in [5.41, 5.74) is 10.2. The van der Waals surface area contributed by atoms with Crippen LogP contribution in [-0.4, -0.2) is 35.8 Å². The van der Waals surface area contributed by atoms with Crippen LogP contribution < -0.4 is 16.4 Å². The molecule has 6 nitrogen and oxygen atoms in total. The lowest BCUT2D eigenvalue weighted by molar-refractivity contribution is -0.117. The van der Waals surface area contributed by atoms with Crippen LogP contribution in [0.25, 0.3) is 11.1 Å². The van der Waals surface area contributed by atoms with E-state index in [0.717, 1.165) is 16.7 Å². The average molecular weight is 560 g/mol. The van der Waals surface area contributed by atoms with E-state index in [0.29, 0.717) is 16.9 Å². The fourth-order valence-electron chi connectivity index (χ4n) is 3.81. The molecule has 200 valence electrons. The first-order valence-corrected chi connectivity index (χ1v) is 13.6. The molecule has 4 N–H and O–H groups in total. The highest BCUT2D eigenvalue weighted by Gasteiger charge is 2.18. The third-order valence-corrected chi connectivity index (χ3v) is 6.19. The zero-order valence-corrected chi connectivity index (χ0v) is 23.1. The Hall–Kier alpha value is -3.91. The highest BCUT2D eigenvalue weighted by Crippen LogP contribution is 2.25. The molecule has 0 radical (unpaired) electrons. The van der Waals surface area contributed by atoms with E-state index in [9.17, 15) is 14.4 Å². The van der Waals surface area contributed by atoms with E-state index in [2.05, 4.69) is 34.9 Å². The van der Waals surface area contributed by atoms with Gasteiger partial charge in [-0.05, 0) is 34.9 Å². The number of carbonyl (C=O) groups excluding carboxylic acids is 3. The van der Waals surface area contributed by atoms with E-state index < -0.39 is 11.9 Å². The highest BCUT2D eigenvalue weighted by atomic mass is 35.5. The second kappa shape index (κ2) is 14.9. The van der Waals surface area contributed by atoms with Crippen molar-refractivity contribution in [3.05, 3.63) is 120 Å². The molecule has 0 heterocycles. The van der Waals surface area contributed by atoms with Gasteiger partial charge in [-0.2, -0.15) is 12.6 Å². The fourth-order valence-corrected chi connectivity index (χ4v) is 3.97. The van der Waals surface area contributed by atoms with Crippen LogP contribution in [0.15, 0.2) is 103 Å². The monoisotopic (exact) mass is 559 g/mol. The van der Waals surface area contributed by atoms with Crippen molar-refractivity contribution in [3.63, 3.8) is 0 Å². The number of rotatable bonds is 9. The zero-order valence-electron chi connectivity index (χ0n) is 21.4. The van der Waals surface area contributed by atoms with Crippen molar-refractivity contribution in [1.82, 2.24) is 0 Å². The lowest BCUT2D eigenvalue weighted by atomic mass is 10.00. The second-order valence-corrected chi connectivity index (χ2v) is 8.89. The first-order valence-electron chi connectivity index (χ1n) is 12.2. The fraction of sp³-hybridized carbons (Fsp3) is 0.129. The van der Waals surface area contributed by atoms with Crippen molar-refractivity contribution >= 4 is 53.2 Å². The van der Waals surface area contributed by atoms with E-state index in [4.69, 9.17) is 5.73 Å². The van der Waals surface area contributed by atoms with Gasteiger partial charge in [-0.3, -0.25) is 14.4 Å². The van der Waals surface area contributed by atoms with Crippen LogP contribution in [0.3, 0.4) is 0 Å². The van der Waals surface area contributed by atoms with Crippen molar-refractivity contribution in [3.8, 4) is 11.1 Å². The Morgan fingerprint density at radius 1 is 0.795 bits per heavy atom. The minimum absolute atomic E-state index is 0.142. The van der Waals surface area contributed by atoms with Gasteiger partial charge in [-0.25, -0.2) is 0 Å². The Kier molecular flexibility index (Phi) is 11.3. The molecule has 4 rings (SSSR count). The molecule has 0 aliphatic heterocycles. The highest BCUT2D eigenvalue weighted by molar-refractivity contribution is 7.80. The summed E-state index contributed by atoms with van der Waals surface area (Å²) in [4.78, 5) is 38.5. The number of hydrogen-bond acceptors (Lipinski definition) is 5. The Morgan fingerprint density at radius 3 is 2.00 bits per heavy atom. The van der Waals surface area contributed by atoms with E-state index in [1.807, 2.05) is 60.7 Å². The van der Waals surface area contributed by atoms with Crippen molar-refractivity contribution in [2.75, 3.05) is 22.8 Å². The summed E-state index contributed by atoms with van der Waals surface area (Å²) in [6.45, 7) is 0. The molecule has 0 aliphatic carbocycles. The summed E-state index contributed by atoms with van der Waals surface area (Å²) >= 11 is 8.69. The van der Waals surface area contributed by atoms with Crippen LogP contribution in [0.2, 0.25) is 0 Å². The van der Waals surface area contributed by atoms with Crippen LogP contribution >= 0.6 is 24.2 Å². The lowest BCUT2D eigenvalue weighted by Crippen LogP contribution is -2.37. The topological polar surface area (TPSA) is 101 Å². The number of hydrogen-bond donors (Lipinski definition) is 4. The SMILES string of the molecule is CCl.NC(CS)C(=O)Nc1ccc(NC(=O)Cc2ccc(-c3ccccc3)cc2)c(C(=O)c2ccccc2)c1. The van der Waals surface area contributed by atoms with Gasteiger partial charge in [0, 0.05) is 29.0 Å². The molecular weight excluding hydrogens is 530 g/mol. The van der Waals surface area contributed by atoms with Gasteiger partial charge in [0.25, 0.3) is 0 Å². The molecule has 0 fully saturated rings. The number of halogens is 1. The largest absolute Gasteiger partial charge is 0.325 e. The zero-order chi connectivity index (χ0) is 28.2. The van der Waals surface area contributed by atoms with Crippen LogP contribution in [-0.2, 0) is 16.0 Å². The molecule has 0 aliphatic rings. The first kappa shape index (κ1) is 29.6. The number of nitrogens with two attached hydrogens (primary N) is 1. The van der Waals surface area contributed by atoms with Crippen LogP contribution in [0.5, 0.6) is 0 Å². The predicted octanol–water partition coefficient (Wildman–Crippen LogP) is 5.82. The van der Waals surface area contributed by atoms with Gasteiger partial charge in [-0.15, -0.1) is 11.6 Å². The van der Waals surface area contributed by atoms with Crippen molar-refractivity contribution in [2.45, 2.75) is 12.5 Å². The van der Waals surface area contributed by atoms with Crippen molar-refractivity contribution in [1.29, 1.82) is 0 Å². The Bertz CT molecular complexity index is 1400. The number of ketones is 1. The molecule has 0 saturated heterocycles. The van der Waals surface area contributed by atoms with Gasteiger partial charge in [0.15, 0.2) is 5.78 Å². The maximum absolute atomic E-state index is 13.3. The molecule has 0 bridgehead atoms. The van der Waals surface area contributed by atoms with Gasteiger partial charge in [0.1, 0.15) is 0 Å². The van der Waals surface area contributed by atoms with Gasteiger partial charge in [0.05, 0.1) is 18.2 Å². The number of thiol groups is 1. The van der Waals surface area contributed by atoms with Gasteiger partial charge < -0.3 is 16.4 Å². The Morgan fingerprint density at radius 2 is 1.38 bits per heavy atom. The van der Waals surface area contributed by atoms with E-state index in [-0.39, 0.29) is 29.4 Å². The molecular formula is C31H30ClN3O3S. The minimum Gasteiger partial charge on any atom is -0.325 e. The van der Waals surface area contributed by atoms with Crippen LogP contribution in [0.1, 0.15) is 21.5 Å². The summed E-state index contributed by atoms with van der Waals surface area (Å²) in [7, 11) is 0. The molecule has 4 aromatic rings. The van der Waals surface area contributed by atoms with Gasteiger partial charge >= 0.3 is 0 Å². The smallest absolute Gasteiger partial charge is 0.242 e. The molecule has 8 heteroatoms. The molecule has 39 heavy (non-hydrogen) atoms. The lowest BCUT2D eigenvalue weighted by Gasteiger charge is -2.15. The first-order chi connectivity index (χ1) is 18.9. The number of alkyl halides is 1. The standard InChI is InChI=1S/C30H27N3O3S.CH3Cl/c31-26(19-37)30(36)32-24-15-16-27(25(18-24)29(35)23-9-5-2-6-10-23)33-28(34)17-20-11-13-22(14-12-20)21-7-3-1-4-8-21;1-2/h1-16,18,26,37H,17,19,31H2,(H,32,36)(H,33,34);1H3. The van der Waals surface area contributed by atoms with Crippen molar-refractivity contribution < 1.29 is 14.4 Å². The molecule has 2 amide bonds. The quantitative estimate of drug-likeness (QED) is 0.118. The molecule has 0 saturated carbocycles. The number of anilines is 2. The normalized spacial score (nSPS) is 11.0. The molecule has 0 aromatic heterocycles. The summed E-state index contributed by atoms with van der Waals surface area (Å²) in [6, 6.07) is 30.5. The molecule has 1 unspecified atom stereocenters. The van der Waals surface area contributed by atoms with Gasteiger partial charge in [-0.1, -0.05) is 84.9 Å². The number of benzene rings is 4. The van der Waals surface area contributed by atoms with Crippen LogP contribution in [0.4, 0.5) is 11.4 Å². The number of carbonyl (C=O) groups is 3. The van der Waals surface area contributed by atoms with Gasteiger partial charge in [0.2, 0.25) is 11.8 Å². The third kappa shape index (κ3) is 8.29. The predicted molar refractivity (Wildman–Crippen MR) is 163 cm³/mol. The summed E-state index contributed by atoms with van der Waals surface area (Å²) in [6.07, 6.45) is 1.61. The summed E-state index contributed by atoms with van der Waals surface area (Å²) in [5, 5.41) is 5.56. The molecule has 1 atom stereocenters. The second-order valence-electron chi connectivity index (χ2n) is 8.52. The summed E-state index contributed by atoms with van der Waals surface area (Å²) < 4.78 is 0. The van der Waals surface area contributed by atoms with Crippen molar-refractivity contribution in [2.24, 2.45) is 5.73 Å².